The molecule has 0 aliphatic rings. The van der Waals surface area contributed by atoms with Gasteiger partial charge < -0.3 is 9.08 Å². The van der Waals surface area contributed by atoms with E-state index in [1.54, 1.807) is 47.4 Å². The Kier molecular flexibility index (Phi) is 7.75. The zero-order valence-electron chi connectivity index (χ0n) is 16.0. The first-order valence-electron chi connectivity index (χ1n) is 8.86. The van der Waals surface area contributed by atoms with Crippen LogP contribution in [0.25, 0.3) is 0 Å². The fourth-order valence-corrected chi connectivity index (χ4v) is 3.58. The monoisotopic (exact) mass is 443 g/mol. The van der Waals surface area contributed by atoms with Crippen molar-refractivity contribution >= 4 is 39.2 Å². The van der Waals surface area contributed by atoms with Crippen LogP contribution in [0.4, 0.5) is 0 Å². The van der Waals surface area contributed by atoms with Crippen molar-refractivity contribution in [2.75, 3.05) is 12.3 Å². The summed E-state index contributed by atoms with van der Waals surface area (Å²) in [6, 6.07) is 11.4. The highest BCUT2D eigenvalue weighted by Gasteiger charge is 2.20. The second kappa shape index (κ2) is 9.63. The molecule has 2 rings (SSSR count). The zero-order valence-corrected chi connectivity index (χ0v) is 18.3. The van der Waals surface area contributed by atoms with E-state index < -0.39 is 10.1 Å². The van der Waals surface area contributed by atoms with Crippen LogP contribution < -0.4 is 4.18 Å². The molecule has 1 amide bonds. The van der Waals surface area contributed by atoms with E-state index in [0.29, 0.717) is 28.7 Å². The summed E-state index contributed by atoms with van der Waals surface area (Å²) < 4.78 is 28.1. The molecule has 2 aromatic carbocycles. The fraction of sp³-hybridized carbons (Fsp3) is 0.350. The summed E-state index contributed by atoms with van der Waals surface area (Å²) in [6.45, 7) is 6.46. The lowest BCUT2D eigenvalue weighted by molar-refractivity contribution is 0.0723. The molecule has 0 saturated carbocycles. The van der Waals surface area contributed by atoms with E-state index in [2.05, 4.69) is 0 Å². The largest absolute Gasteiger partial charge is 0.382 e. The molecule has 0 spiro atoms. The number of nitrogens with zero attached hydrogens (tertiary/aromatic N) is 1. The predicted octanol–water partition coefficient (Wildman–Crippen LogP) is 5.02. The molecule has 0 heterocycles. The Hall–Kier alpha value is -1.76. The van der Waals surface area contributed by atoms with Crippen molar-refractivity contribution in [3.8, 4) is 5.75 Å². The summed E-state index contributed by atoms with van der Waals surface area (Å²) in [7, 11) is -3.57. The van der Waals surface area contributed by atoms with Gasteiger partial charge in [-0.1, -0.05) is 49.2 Å². The van der Waals surface area contributed by atoms with Gasteiger partial charge in [0.2, 0.25) is 0 Å². The standard InChI is InChI=1S/C20H23Cl2NO4S/c1-4-28(25,26)27-17-8-5-15(6-9-17)13-23(12-14(2)3)20(24)18-10-7-16(21)11-19(18)22/h5-11,14H,4,12-13H2,1-3H3. The van der Waals surface area contributed by atoms with Crippen molar-refractivity contribution in [3.63, 3.8) is 0 Å². The van der Waals surface area contributed by atoms with Crippen molar-refractivity contribution in [1.82, 2.24) is 4.90 Å². The average Bonchev–Trinajstić information content (AvgIpc) is 2.61. The summed E-state index contributed by atoms with van der Waals surface area (Å²) in [5.41, 5.74) is 1.24. The van der Waals surface area contributed by atoms with E-state index in [4.69, 9.17) is 27.4 Å². The minimum Gasteiger partial charge on any atom is -0.382 e. The van der Waals surface area contributed by atoms with Crippen LogP contribution in [0.15, 0.2) is 42.5 Å². The molecule has 0 aliphatic carbocycles. The van der Waals surface area contributed by atoms with Crippen LogP contribution in [0.2, 0.25) is 10.0 Å². The topological polar surface area (TPSA) is 63.7 Å². The first-order valence-corrected chi connectivity index (χ1v) is 11.2. The van der Waals surface area contributed by atoms with Crippen LogP contribution in [0.3, 0.4) is 0 Å². The summed E-state index contributed by atoms with van der Waals surface area (Å²) in [4.78, 5) is 14.7. The first kappa shape index (κ1) is 22.5. The summed E-state index contributed by atoms with van der Waals surface area (Å²) in [5.74, 6) is 0.206. The molecule has 5 nitrogen and oxygen atoms in total. The SMILES string of the molecule is CCS(=O)(=O)Oc1ccc(CN(CC(C)C)C(=O)c2ccc(Cl)cc2Cl)cc1. The summed E-state index contributed by atoms with van der Waals surface area (Å²) in [5, 5.41) is 0.773. The van der Waals surface area contributed by atoms with Crippen LogP contribution in [0.1, 0.15) is 36.7 Å². The highest BCUT2D eigenvalue weighted by molar-refractivity contribution is 7.87. The summed E-state index contributed by atoms with van der Waals surface area (Å²) in [6.07, 6.45) is 0. The molecule has 0 atom stereocenters. The molecule has 0 aliphatic heterocycles. The molecule has 152 valence electrons. The van der Waals surface area contributed by atoms with E-state index in [-0.39, 0.29) is 23.3 Å². The lowest BCUT2D eigenvalue weighted by atomic mass is 10.1. The maximum Gasteiger partial charge on any atom is 0.308 e. The van der Waals surface area contributed by atoms with Gasteiger partial charge in [-0.25, -0.2) is 0 Å². The lowest BCUT2D eigenvalue weighted by Crippen LogP contribution is -2.34. The molecule has 0 N–H and O–H groups in total. The first-order chi connectivity index (χ1) is 13.1. The number of rotatable bonds is 8. The lowest BCUT2D eigenvalue weighted by Gasteiger charge is -2.25. The van der Waals surface area contributed by atoms with E-state index in [9.17, 15) is 13.2 Å². The van der Waals surface area contributed by atoms with Gasteiger partial charge in [-0.15, -0.1) is 0 Å². The van der Waals surface area contributed by atoms with Crippen LogP contribution in [-0.2, 0) is 16.7 Å². The highest BCUT2D eigenvalue weighted by Crippen LogP contribution is 2.24. The Bertz CT molecular complexity index is 928. The number of carbonyl (C=O) groups excluding carboxylic acids is 1. The Morgan fingerprint density at radius 1 is 1.11 bits per heavy atom. The van der Waals surface area contributed by atoms with Crippen molar-refractivity contribution < 1.29 is 17.4 Å². The highest BCUT2D eigenvalue weighted by atomic mass is 35.5. The van der Waals surface area contributed by atoms with Gasteiger partial charge in [-0.05, 0) is 48.7 Å². The van der Waals surface area contributed by atoms with Gasteiger partial charge in [-0.2, -0.15) is 8.42 Å². The average molecular weight is 444 g/mol. The molecule has 28 heavy (non-hydrogen) atoms. The minimum absolute atomic E-state index is 0.104. The molecular formula is C20H23Cl2NO4S. The van der Waals surface area contributed by atoms with Crippen LogP contribution in [-0.4, -0.2) is 31.5 Å². The summed E-state index contributed by atoms with van der Waals surface area (Å²) >= 11 is 12.1. The van der Waals surface area contributed by atoms with Gasteiger partial charge in [0.05, 0.1) is 16.3 Å². The van der Waals surface area contributed by atoms with E-state index in [1.807, 2.05) is 13.8 Å². The van der Waals surface area contributed by atoms with Gasteiger partial charge >= 0.3 is 10.1 Å². The molecule has 8 heteroatoms. The van der Waals surface area contributed by atoms with Gasteiger partial charge in [-0.3, -0.25) is 4.79 Å². The van der Waals surface area contributed by atoms with Gasteiger partial charge in [0.25, 0.3) is 5.91 Å². The fourth-order valence-electron chi connectivity index (χ4n) is 2.57. The molecule has 0 unspecified atom stereocenters. The third-order valence-corrected chi connectivity index (χ3v) is 5.61. The van der Waals surface area contributed by atoms with Crippen molar-refractivity contribution in [3.05, 3.63) is 63.6 Å². The second-order valence-electron chi connectivity index (χ2n) is 6.78. The maximum atomic E-state index is 13.0. The van der Waals surface area contributed by atoms with Crippen LogP contribution >= 0.6 is 23.2 Å². The molecule has 0 radical (unpaired) electrons. The van der Waals surface area contributed by atoms with Crippen LogP contribution in [0.5, 0.6) is 5.75 Å². The Morgan fingerprint density at radius 2 is 1.75 bits per heavy atom. The quantitative estimate of drug-likeness (QED) is 0.537. The van der Waals surface area contributed by atoms with Gasteiger partial charge in [0.15, 0.2) is 0 Å². The van der Waals surface area contributed by atoms with Crippen molar-refractivity contribution in [2.24, 2.45) is 5.92 Å². The number of benzene rings is 2. The Morgan fingerprint density at radius 3 is 2.29 bits per heavy atom. The van der Waals surface area contributed by atoms with Crippen molar-refractivity contribution in [2.45, 2.75) is 27.3 Å². The van der Waals surface area contributed by atoms with E-state index in [1.165, 1.54) is 6.92 Å². The number of amides is 1. The van der Waals surface area contributed by atoms with E-state index >= 15 is 0 Å². The molecule has 0 saturated heterocycles. The third-order valence-electron chi connectivity index (χ3n) is 3.91. The normalized spacial score (nSPS) is 11.5. The predicted molar refractivity (Wildman–Crippen MR) is 113 cm³/mol. The molecule has 0 fully saturated rings. The molecule has 0 aromatic heterocycles. The number of carbonyl (C=O) groups is 1. The Balaban J connectivity index is 2.21. The Labute approximate surface area is 176 Å². The number of hydrogen-bond donors (Lipinski definition) is 0. The van der Waals surface area contributed by atoms with Gasteiger partial charge in [0.1, 0.15) is 5.75 Å². The third kappa shape index (κ3) is 6.40. The minimum atomic E-state index is -3.57. The van der Waals surface area contributed by atoms with Crippen molar-refractivity contribution in [1.29, 1.82) is 0 Å². The molecular weight excluding hydrogens is 421 g/mol. The van der Waals surface area contributed by atoms with E-state index in [0.717, 1.165) is 5.56 Å². The zero-order chi connectivity index (χ0) is 20.9. The second-order valence-corrected chi connectivity index (χ2v) is 9.48. The number of hydrogen-bond acceptors (Lipinski definition) is 4. The molecule has 0 bridgehead atoms. The number of halogens is 2. The maximum absolute atomic E-state index is 13.0. The smallest absolute Gasteiger partial charge is 0.308 e. The van der Waals surface area contributed by atoms with Crippen LogP contribution in [0, 0.1) is 5.92 Å². The van der Waals surface area contributed by atoms with Gasteiger partial charge in [0, 0.05) is 18.1 Å². The molecule has 2 aromatic rings.